The summed E-state index contributed by atoms with van der Waals surface area (Å²) >= 11 is 0. The fourth-order valence-corrected chi connectivity index (χ4v) is 4.57. The first-order valence-corrected chi connectivity index (χ1v) is 11.7. The minimum absolute atomic E-state index is 0.142. The van der Waals surface area contributed by atoms with Crippen LogP contribution in [0.25, 0.3) is 10.9 Å². The van der Waals surface area contributed by atoms with Crippen LogP contribution in [0.4, 0.5) is 0 Å². The molecule has 0 aliphatic carbocycles. The third kappa shape index (κ3) is 5.61. The Balaban J connectivity index is 1.95. The lowest BCUT2D eigenvalue weighted by Crippen LogP contribution is -2.17. The molecule has 28 heavy (non-hydrogen) atoms. The molecule has 0 unspecified atom stereocenters. The van der Waals surface area contributed by atoms with Crippen LogP contribution >= 0.6 is 0 Å². The minimum atomic E-state index is -4.34. The van der Waals surface area contributed by atoms with E-state index in [-0.39, 0.29) is 6.42 Å². The molecule has 0 aliphatic rings. The van der Waals surface area contributed by atoms with Gasteiger partial charge in [0.15, 0.2) is 0 Å². The summed E-state index contributed by atoms with van der Waals surface area (Å²) in [6.45, 7) is 0.516. The first-order valence-electron chi connectivity index (χ1n) is 8.50. The third-order valence-electron chi connectivity index (χ3n) is 4.45. The predicted octanol–water partition coefficient (Wildman–Crippen LogP) is 2.33. The number of aromatic nitrogens is 2. The molecule has 2 aromatic carbocycles. The molecule has 1 atom stereocenters. The van der Waals surface area contributed by atoms with Gasteiger partial charge in [0, 0.05) is 11.3 Å². The van der Waals surface area contributed by atoms with Gasteiger partial charge in [-0.1, -0.05) is 42.5 Å². The smallest absolute Gasteiger partial charge is 0.265 e. The van der Waals surface area contributed by atoms with E-state index in [0.717, 1.165) is 16.5 Å². The molecule has 8 nitrogen and oxygen atoms in total. The number of rotatable bonds is 8. The third-order valence-corrected chi connectivity index (χ3v) is 6.03. The Kier molecular flexibility index (Phi) is 5.84. The van der Waals surface area contributed by atoms with E-state index in [2.05, 4.69) is 5.10 Å². The van der Waals surface area contributed by atoms with E-state index in [4.69, 9.17) is 4.55 Å². The molecule has 10 heteroatoms. The highest BCUT2D eigenvalue weighted by molar-refractivity contribution is 7.86. The Bertz CT molecular complexity index is 1170. The molecule has 150 valence electrons. The summed E-state index contributed by atoms with van der Waals surface area (Å²) in [6.07, 6.45) is 1.55. The Morgan fingerprint density at radius 1 is 0.964 bits per heavy atom. The number of hydrogen-bond acceptors (Lipinski definition) is 5. The van der Waals surface area contributed by atoms with Crippen molar-refractivity contribution in [3.63, 3.8) is 0 Å². The number of nitrogens with zero attached hydrogens (tertiary/aromatic N) is 2. The van der Waals surface area contributed by atoms with Gasteiger partial charge < -0.3 is 0 Å². The van der Waals surface area contributed by atoms with Crippen molar-refractivity contribution >= 4 is 31.1 Å². The van der Waals surface area contributed by atoms with Crippen LogP contribution in [0.3, 0.4) is 0 Å². The monoisotopic (exact) mass is 424 g/mol. The van der Waals surface area contributed by atoms with Crippen molar-refractivity contribution in [2.75, 3.05) is 11.5 Å². The SMILES string of the molecule is O=S(=O)(O)CC[C@H](CS(=O)(=O)O)c1ccc2cnn(Cc3ccccc3)c2c1. The second kappa shape index (κ2) is 8.00. The van der Waals surface area contributed by atoms with Gasteiger partial charge in [-0.15, -0.1) is 0 Å². The van der Waals surface area contributed by atoms with E-state index in [1.165, 1.54) is 0 Å². The zero-order chi connectivity index (χ0) is 20.4. The van der Waals surface area contributed by atoms with Gasteiger partial charge in [-0.3, -0.25) is 13.8 Å². The van der Waals surface area contributed by atoms with Gasteiger partial charge in [0.25, 0.3) is 20.2 Å². The molecule has 2 N–H and O–H groups in total. The maximum Gasteiger partial charge on any atom is 0.265 e. The fraction of sp³-hybridized carbons (Fsp3) is 0.278. The van der Waals surface area contributed by atoms with Crippen LogP contribution in [0.2, 0.25) is 0 Å². The van der Waals surface area contributed by atoms with Crippen molar-refractivity contribution in [3.05, 3.63) is 65.9 Å². The first kappa shape index (κ1) is 20.5. The van der Waals surface area contributed by atoms with Crippen molar-refractivity contribution in [1.82, 2.24) is 9.78 Å². The molecule has 0 saturated carbocycles. The van der Waals surface area contributed by atoms with Gasteiger partial charge in [0.2, 0.25) is 0 Å². The number of fused-ring (bicyclic) bond motifs is 1. The molecule has 3 aromatic rings. The molecule has 1 aromatic heterocycles. The lowest BCUT2D eigenvalue weighted by atomic mass is 9.97. The summed E-state index contributed by atoms with van der Waals surface area (Å²) in [5.74, 6) is -2.03. The standard InChI is InChI=1S/C18H20N2O6S2/c21-27(22,23)9-8-17(13-28(24,25)26)15-6-7-16-11-19-20(18(16)10-15)12-14-4-2-1-3-5-14/h1-7,10-11,17H,8-9,12-13H2,(H,21,22,23)(H,24,25,26)/t17-/m1/s1. The molecule has 0 bridgehead atoms. The zero-order valence-corrected chi connectivity index (χ0v) is 16.5. The van der Waals surface area contributed by atoms with Gasteiger partial charge in [0.1, 0.15) is 0 Å². The van der Waals surface area contributed by atoms with Crippen LogP contribution in [-0.2, 0) is 26.8 Å². The molecule has 0 spiro atoms. The first-order chi connectivity index (χ1) is 13.1. The van der Waals surface area contributed by atoms with Gasteiger partial charge in [-0.25, -0.2) is 0 Å². The summed E-state index contributed by atoms with van der Waals surface area (Å²) < 4.78 is 65.0. The van der Waals surface area contributed by atoms with Crippen LogP contribution in [0.5, 0.6) is 0 Å². The molecule has 0 saturated heterocycles. The largest absolute Gasteiger partial charge is 0.286 e. The highest BCUT2D eigenvalue weighted by Gasteiger charge is 2.22. The summed E-state index contributed by atoms with van der Waals surface area (Å²) in [5.41, 5.74) is 2.34. The van der Waals surface area contributed by atoms with Crippen LogP contribution in [0.1, 0.15) is 23.5 Å². The van der Waals surface area contributed by atoms with Crippen molar-refractivity contribution < 1.29 is 25.9 Å². The molecular weight excluding hydrogens is 404 g/mol. The van der Waals surface area contributed by atoms with Crippen LogP contribution in [-0.4, -0.2) is 47.2 Å². The summed E-state index contributed by atoms with van der Waals surface area (Å²) in [5, 5.41) is 5.21. The van der Waals surface area contributed by atoms with E-state index in [9.17, 15) is 21.4 Å². The highest BCUT2D eigenvalue weighted by atomic mass is 32.2. The summed E-state index contributed by atoms with van der Waals surface area (Å²) in [7, 11) is -8.59. The molecule has 3 rings (SSSR count). The van der Waals surface area contributed by atoms with E-state index in [0.29, 0.717) is 12.1 Å². The van der Waals surface area contributed by atoms with Gasteiger partial charge in [-0.05, 0) is 23.6 Å². The molecular formula is C18H20N2O6S2. The average Bonchev–Trinajstić information content (AvgIpc) is 3.00. The Labute approximate surface area is 163 Å². The molecule has 0 radical (unpaired) electrons. The topological polar surface area (TPSA) is 127 Å². The van der Waals surface area contributed by atoms with Crippen LogP contribution < -0.4 is 0 Å². The van der Waals surface area contributed by atoms with Crippen LogP contribution in [0.15, 0.2) is 54.7 Å². The quantitative estimate of drug-likeness (QED) is 0.531. The lowest BCUT2D eigenvalue weighted by molar-refractivity contribution is 0.466. The normalized spacial score (nSPS) is 13.6. The second-order valence-corrected chi connectivity index (χ2v) is 9.70. The van der Waals surface area contributed by atoms with Gasteiger partial charge in [-0.2, -0.15) is 21.9 Å². The van der Waals surface area contributed by atoms with Crippen molar-refractivity contribution in [2.24, 2.45) is 0 Å². The number of benzene rings is 2. The van der Waals surface area contributed by atoms with E-state index < -0.39 is 37.7 Å². The zero-order valence-electron chi connectivity index (χ0n) is 14.8. The molecule has 0 amide bonds. The minimum Gasteiger partial charge on any atom is -0.286 e. The molecule has 0 fully saturated rings. The predicted molar refractivity (Wildman–Crippen MR) is 105 cm³/mol. The Morgan fingerprint density at radius 2 is 1.68 bits per heavy atom. The maximum atomic E-state index is 11.4. The maximum absolute atomic E-state index is 11.4. The highest BCUT2D eigenvalue weighted by Crippen LogP contribution is 2.26. The molecule has 0 aliphatic heterocycles. The van der Waals surface area contributed by atoms with E-state index in [1.807, 2.05) is 30.3 Å². The van der Waals surface area contributed by atoms with Crippen LogP contribution in [0, 0.1) is 0 Å². The van der Waals surface area contributed by atoms with E-state index in [1.54, 1.807) is 29.1 Å². The van der Waals surface area contributed by atoms with Crippen molar-refractivity contribution in [2.45, 2.75) is 18.9 Å². The summed E-state index contributed by atoms with van der Waals surface area (Å²) in [6, 6.07) is 14.9. The fourth-order valence-electron chi connectivity index (χ4n) is 3.12. The summed E-state index contributed by atoms with van der Waals surface area (Å²) in [4.78, 5) is 0. The molecule has 1 heterocycles. The van der Waals surface area contributed by atoms with E-state index >= 15 is 0 Å². The Hall–Kier alpha value is -2.27. The second-order valence-electron chi connectivity index (χ2n) is 6.63. The average molecular weight is 425 g/mol. The van der Waals surface area contributed by atoms with Crippen molar-refractivity contribution in [1.29, 1.82) is 0 Å². The van der Waals surface area contributed by atoms with Gasteiger partial charge >= 0.3 is 0 Å². The Morgan fingerprint density at radius 3 is 2.32 bits per heavy atom. The number of hydrogen-bond donors (Lipinski definition) is 2. The van der Waals surface area contributed by atoms with Gasteiger partial charge in [0.05, 0.1) is 29.8 Å². The lowest BCUT2D eigenvalue weighted by Gasteiger charge is -2.16. The van der Waals surface area contributed by atoms with Crippen molar-refractivity contribution in [3.8, 4) is 0 Å².